The third-order valence-corrected chi connectivity index (χ3v) is 4.22. The Kier molecular flexibility index (Phi) is 4.25. The van der Waals surface area contributed by atoms with E-state index in [0.717, 1.165) is 31.7 Å². The Morgan fingerprint density at radius 1 is 1.33 bits per heavy atom. The molecule has 2 heterocycles. The van der Waals surface area contributed by atoms with E-state index < -0.39 is 0 Å². The maximum Gasteiger partial charge on any atom is 0.240 e. The molecule has 1 aromatic rings. The van der Waals surface area contributed by atoms with Gasteiger partial charge in [-0.2, -0.15) is 0 Å². The van der Waals surface area contributed by atoms with Crippen LogP contribution >= 0.6 is 0 Å². The summed E-state index contributed by atoms with van der Waals surface area (Å²) < 4.78 is 5.84. The smallest absolute Gasteiger partial charge is 0.240 e. The predicted octanol–water partition coefficient (Wildman–Crippen LogP) is 1.93. The average molecular weight is 286 g/mol. The van der Waals surface area contributed by atoms with Crippen LogP contribution < -0.4 is 4.74 Å². The molecule has 1 amide bonds. The summed E-state index contributed by atoms with van der Waals surface area (Å²) >= 11 is 0. The zero-order chi connectivity index (χ0) is 14.7. The third kappa shape index (κ3) is 3.10. The van der Waals surface area contributed by atoms with Crippen LogP contribution in [-0.2, 0) is 4.79 Å². The van der Waals surface area contributed by atoms with Gasteiger partial charge in [0, 0.05) is 6.54 Å². The van der Waals surface area contributed by atoms with Crippen molar-refractivity contribution in [3.8, 4) is 5.75 Å². The van der Waals surface area contributed by atoms with E-state index >= 15 is 0 Å². The first-order valence-electron chi connectivity index (χ1n) is 7.63. The number of ether oxygens (including phenoxy) is 1. The standard InChI is InChI=1S/C17H22N2O2/c1-2-10-18-11-6-9-16(18)17(20)19-12-15(13-19)21-14-7-4-3-5-8-14/h2-5,7-8,15-16H,1,6,9-13H2/t16-/m0/s1. The topological polar surface area (TPSA) is 32.8 Å². The highest BCUT2D eigenvalue weighted by molar-refractivity contribution is 5.83. The fourth-order valence-corrected chi connectivity index (χ4v) is 3.09. The van der Waals surface area contributed by atoms with Gasteiger partial charge in [-0.05, 0) is 31.5 Å². The molecule has 3 rings (SSSR count). The maximum absolute atomic E-state index is 12.5. The molecule has 1 aromatic carbocycles. The summed E-state index contributed by atoms with van der Waals surface area (Å²) in [6, 6.07) is 9.84. The molecule has 0 N–H and O–H groups in total. The number of benzene rings is 1. The van der Waals surface area contributed by atoms with E-state index in [1.165, 1.54) is 0 Å². The number of nitrogens with zero attached hydrogens (tertiary/aromatic N) is 2. The second-order valence-electron chi connectivity index (χ2n) is 5.74. The number of carbonyl (C=O) groups is 1. The summed E-state index contributed by atoms with van der Waals surface area (Å²) in [5.41, 5.74) is 0. The highest BCUT2D eigenvalue weighted by atomic mass is 16.5. The summed E-state index contributed by atoms with van der Waals surface area (Å²) in [5.74, 6) is 1.13. The van der Waals surface area contributed by atoms with Gasteiger partial charge in [0.15, 0.2) is 0 Å². The fraction of sp³-hybridized carbons (Fsp3) is 0.471. The second kappa shape index (κ2) is 6.31. The van der Waals surface area contributed by atoms with Crippen LogP contribution in [0.15, 0.2) is 43.0 Å². The Labute approximate surface area is 126 Å². The number of amides is 1. The van der Waals surface area contributed by atoms with E-state index in [4.69, 9.17) is 4.74 Å². The van der Waals surface area contributed by atoms with Gasteiger partial charge in [0.05, 0.1) is 19.1 Å². The zero-order valence-corrected chi connectivity index (χ0v) is 12.3. The Morgan fingerprint density at radius 2 is 2.10 bits per heavy atom. The Morgan fingerprint density at radius 3 is 2.81 bits per heavy atom. The molecule has 2 saturated heterocycles. The first-order valence-corrected chi connectivity index (χ1v) is 7.63. The van der Waals surface area contributed by atoms with Gasteiger partial charge in [-0.3, -0.25) is 9.69 Å². The average Bonchev–Trinajstić information content (AvgIpc) is 2.91. The lowest BCUT2D eigenvalue weighted by molar-refractivity contribution is -0.144. The number of hydrogen-bond donors (Lipinski definition) is 0. The lowest BCUT2D eigenvalue weighted by Gasteiger charge is -2.41. The number of hydrogen-bond acceptors (Lipinski definition) is 3. The van der Waals surface area contributed by atoms with Gasteiger partial charge < -0.3 is 9.64 Å². The Bertz CT molecular complexity index is 497. The highest BCUT2D eigenvalue weighted by Crippen LogP contribution is 2.23. The van der Waals surface area contributed by atoms with E-state index in [0.29, 0.717) is 13.1 Å². The van der Waals surface area contributed by atoms with E-state index in [1.54, 1.807) is 0 Å². The van der Waals surface area contributed by atoms with E-state index in [2.05, 4.69) is 11.5 Å². The lowest BCUT2D eigenvalue weighted by Crippen LogP contribution is -2.60. The van der Waals surface area contributed by atoms with Gasteiger partial charge in [-0.1, -0.05) is 24.3 Å². The summed E-state index contributed by atoms with van der Waals surface area (Å²) in [5, 5.41) is 0. The fourth-order valence-electron chi connectivity index (χ4n) is 3.09. The van der Waals surface area contributed by atoms with Crippen molar-refractivity contribution in [2.45, 2.75) is 25.0 Å². The molecule has 1 atom stereocenters. The minimum absolute atomic E-state index is 0.0423. The SMILES string of the molecule is C=CCN1CCC[C@H]1C(=O)N1CC(Oc2ccccc2)C1. The monoisotopic (exact) mass is 286 g/mol. The van der Waals surface area contributed by atoms with Gasteiger partial charge in [0.1, 0.15) is 11.9 Å². The number of carbonyl (C=O) groups excluding carboxylic acids is 1. The van der Waals surface area contributed by atoms with Gasteiger partial charge in [0.25, 0.3) is 0 Å². The van der Waals surface area contributed by atoms with Crippen molar-refractivity contribution in [2.24, 2.45) is 0 Å². The van der Waals surface area contributed by atoms with Gasteiger partial charge >= 0.3 is 0 Å². The molecule has 0 radical (unpaired) electrons. The van der Waals surface area contributed by atoms with Crippen LogP contribution in [0.25, 0.3) is 0 Å². The Balaban J connectivity index is 1.49. The number of para-hydroxylation sites is 1. The first kappa shape index (κ1) is 14.1. The van der Waals surface area contributed by atoms with Crippen molar-refractivity contribution in [2.75, 3.05) is 26.2 Å². The van der Waals surface area contributed by atoms with Crippen LogP contribution in [0.2, 0.25) is 0 Å². The highest BCUT2D eigenvalue weighted by Gasteiger charge is 2.39. The summed E-state index contributed by atoms with van der Waals surface area (Å²) in [6.45, 7) is 6.97. The third-order valence-electron chi connectivity index (χ3n) is 4.22. The van der Waals surface area contributed by atoms with E-state index in [-0.39, 0.29) is 18.1 Å². The number of likely N-dealkylation sites (tertiary alicyclic amines) is 2. The lowest BCUT2D eigenvalue weighted by atomic mass is 10.1. The van der Waals surface area contributed by atoms with Gasteiger partial charge in [0.2, 0.25) is 5.91 Å². The Hall–Kier alpha value is -1.81. The molecule has 4 nitrogen and oxygen atoms in total. The largest absolute Gasteiger partial charge is 0.487 e. The van der Waals surface area contributed by atoms with Crippen molar-refractivity contribution in [3.63, 3.8) is 0 Å². The van der Waals surface area contributed by atoms with Crippen molar-refractivity contribution >= 4 is 5.91 Å². The molecule has 0 bridgehead atoms. The maximum atomic E-state index is 12.5. The molecular formula is C17H22N2O2. The van der Waals surface area contributed by atoms with Crippen molar-refractivity contribution < 1.29 is 9.53 Å². The molecule has 21 heavy (non-hydrogen) atoms. The van der Waals surface area contributed by atoms with Crippen LogP contribution in [0.1, 0.15) is 12.8 Å². The van der Waals surface area contributed by atoms with Crippen LogP contribution in [0.3, 0.4) is 0 Å². The first-order chi connectivity index (χ1) is 10.3. The summed E-state index contributed by atoms with van der Waals surface area (Å²) in [4.78, 5) is 16.6. The van der Waals surface area contributed by atoms with Crippen LogP contribution in [0.5, 0.6) is 5.75 Å². The molecule has 0 spiro atoms. The van der Waals surface area contributed by atoms with Crippen LogP contribution in [-0.4, -0.2) is 54.0 Å². The molecular weight excluding hydrogens is 264 g/mol. The summed E-state index contributed by atoms with van der Waals surface area (Å²) in [6.07, 6.45) is 4.07. The molecule has 0 aromatic heterocycles. The quantitative estimate of drug-likeness (QED) is 0.775. The molecule has 2 aliphatic rings. The van der Waals surface area contributed by atoms with Crippen molar-refractivity contribution in [3.05, 3.63) is 43.0 Å². The molecule has 0 unspecified atom stereocenters. The van der Waals surface area contributed by atoms with Gasteiger partial charge in [-0.15, -0.1) is 6.58 Å². The van der Waals surface area contributed by atoms with Crippen LogP contribution in [0.4, 0.5) is 0 Å². The van der Waals surface area contributed by atoms with Crippen molar-refractivity contribution in [1.29, 1.82) is 0 Å². The minimum atomic E-state index is 0.0423. The summed E-state index contributed by atoms with van der Waals surface area (Å²) in [7, 11) is 0. The molecule has 4 heteroatoms. The van der Waals surface area contributed by atoms with E-state index in [9.17, 15) is 4.79 Å². The van der Waals surface area contributed by atoms with Crippen molar-refractivity contribution in [1.82, 2.24) is 9.80 Å². The van der Waals surface area contributed by atoms with E-state index in [1.807, 2.05) is 41.3 Å². The second-order valence-corrected chi connectivity index (χ2v) is 5.74. The predicted molar refractivity (Wildman–Crippen MR) is 82.2 cm³/mol. The molecule has 2 aliphatic heterocycles. The van der Waals surface area contributed by atoms with Crippen LogP contribution in [0, 0.1) is 0 Å². The molecule has 112 valence electrons. The molecule has 0 saturated carbocycles. The zero-order valence-electron chi connectivity index (χ0n) is 12.3. The molecule has 0 aliphatic carbocycles. The number of rotatable bonds is 5. The molecule has 2 fully saturated rings. The minimum Gasteiger partial charge on any atom is -0.487 e. The van der Waals surface area contributed by atoms with Gasteiger partial charge in [-0.25, -0.2) is 0 Å². The normalized spacial score (nSPS) is 22.9.